The summed E-state index contributed by atoms with van der Waals surface area (Å²) in [6, 6.07) is 7.53. The van der Waals surface area contributed by atoms with Crippen LogP contribution in [0.5, 0.6) is 0 Å². The van der Waals surface area contributed by atoms with E-state index in [1.165, 1.54) is 0 Å². The quantitative estimate of drug-likeness (QED) is 0.599. The molecule has 0 fully saturated rings. The Bertz CT molecular complexity index is 674. The predicted molar refractivity (Wildman–Crippen MR) is 102 cm³/mol. The molecule has 0 aromatic heterocycles. The Morgan fingerprint density at radius 2 is 1.43 bits per heavy atom. The molecule has 1 aromatic carbocycles. The first-order valence-corrected chi connectivity index (χ1v) is 8.84. The summed E-state index contributed by atoms with van der Waals surface area (Å²) >= 11 is 0. The largest absolute Gasteiger partial charge is 0.509 e. The molecule has 0 bridgehead atoms. The summed E-state index contributed by atoms with van der Waals surface area (Å²) < 4.78 is 20.4. The van der Waals surface area contributed by atoms with Gasteiger partial charge >= 0.3 is 18.2 Å². The predicted octanol–water partition coefficient (Wildman–Crippen LogP) is 3.75. The molecule has 0 saturated heterocycles. The summed E-state index contributed by atoms with van der Waals surface area (Å²) in [6.45, 7) is 10.1. The van der Waals surface area contributed by atoms with Gasteiger partial charge in [0.2, 0.25) is 6.10 Å². The second kappa shape index (κ2) is 9.43. The van der Waals surface area contributed by atoms with E-state index in [1.54, 1.807) is 71.9 Å². The molecule has 1 N–H and O–H groups in total. The second-order valence-corrected chi connectivity index (χ2v) is 8.06. The Balaban J connectivity index is 3.18. The summed E-state index contributed by atoms with van der Waals surface area (Å²) in [4.78, 5) is 36.8. The fourth-order valence-corrected chi connectivity index (χ4v) is 2.17. The van der Waals surface area contributed by atoms with Crippen molar-refractivity contribution in [1.29, 1.82) is 0 Å². The van der Waals surface area contributed by atoms with Crippen molar-refractivity contribution in [3.63, 3.8) is 0 Å². The summed E-state index contributed by atoms with van der Waals surface area (Å²) in [5, 5.41) is 2.58. The maximum Gasteiger partial charge on any atom is 0.509 e. The van der Waals surface area contributed by atoms with E-state index < -0.39 is 41.6 Å². The summed E-state index contributed by atoms with van der Waals surface area (Å²) in [6.07, 6.45) is -3.31. The van der Waals surface area contributed by atoms with Crippen LogP contribution in [0.1, 0.15) is 53.1 Å². The fraction of sp³-hybridized carbons (Fsp3) is 0.550. The summed E-state index contributed by atoms with van der Waals surface area (Å²) in [5.74, 6) is -0.851. The van der Waals surface area contributed by atoms with Gasteiger partial charge in [0.05, 0.1) is 7.11 Å². The molecule has 0 saturated carbocycles. The maximum atomic E-state index is 12.3. The molecule has 1 rings (SSSR count). The number of carbonyl (C=O) groups is 3. The molecule has 0 spiro atoms. The molecule has 0 aliphatic carbocycles. The van der Waals surface area contributed by atoms with Crippen LogP contribution in [-0.4, -0.2) is 42.6 Å². The number of ether oxygens (including phenoxy) is 4. The van der Waals surface area contributed by atoms with E-state index in [0.717, 1.165) is 7.11 Å². The standard InChI is InChI=1S/C20H29NO7/c1-19(2,3)27-17(23)21-14(13-11-9-8-10-12-13)15(16(22)25-7)26-18(24)28-20(4,5)6/h8-12,14-15H,1-7H3,(H,21,23)/t14-,15?/m1/s1. The van der Waals surface area contributed by atoms with Crippen molar-refractivity contribution in [2.75, 3.05) is 7.11 Å². The first-order chi connectivity index (χ1) is 12.8. The van der Waals surface area contributed by atoms with Crippen molar-refractivity contribution in [1.82, 2.24) is 5.32 Å². The molecule has 1 amide bonds. The average molecular weight is 395 g/mol. The minimum Gasteiger partial charge on any atom is -0.466 e. The van der Waals surface area contributed by atoms with Crippen molar-refractivity contribution >= 4 is 18.2 Å². The van der Waals surface area contributed by atoms with Gasteiger partial charge in [-0.05, 0) is 47.1 Å². The van der Waals surface area contributed by atoms with E-state index in [4.69, 9.17) is 18.9 Å². The van der Waals surface area contributed by atoms with Crippen molar-refractivity contribution in [2.24, 2.45) is 0 Å². The van der Waals surface area contributed by atoms with Crippen molar-refractivity contribution in [3.05, 3.63) is 35.9 Å². The van der Waals surface area contributed by atoms with Crippen LogP contribution < -0.4 is 5.32 Å². The van der Waals surface area contributed by atoms with Gasteiger partial charge in [0.15, 0.2) is 0 Å². The van der Waals surface area contributed by atoms with Crippen LogP contribution in [0, 0.1) is 0 Å². The number of hydrogen-bond donors (Lipinski definition) is 1. The monoisotopic (exact) mass is 395 g/mol. The fourth-order valence-electron chi connectivity index (χ4n) is 2.17. The van der Waals surface area contributed by atoms with Crippen LogP contribution in [0.15, 0.2) is 30.3 Å². The van der Waals surface area contributed by atoms with Crippen LogP contribution in [0.3, 0.4) is 0 Å². The molecule has 2 atom stereocenters. The van der Waals surface area contributed by atoms with E-state index in [2.05, 4.69) is 5.32 Å². The van der Waals surface area contributed by atoms with E-state index in [0.29, 0.717) is 5.56 Å². The molecule has 0 heterocycles. The number of esters is 1. The van der Waals surface area contributed by atoms with Crippen LogP contribution in [0.2, 0.25) is 0 Å². The Morgan fingerprint density at radius 3 is 1.89 bits per heavy atom. The second-order valence-electron chi connectivity index (χ2n) is 8.06. The number of alkyl carbamates (subject to hydrolysis) is 1. The minimum atomic E-state index is -1.48. The third kappa shape index (κ3) is 8.28. The van der Waals surface area contributed by atoms with Gasteiger partial charge < -0.3 is 24.3 Å². The van der Waals surface area contributed by atoms with Gasteiger partial charge in [0, 0.05) is 0 Å². The first-order valence-electron chi connectivity index (χ1n) is 8.84. The normalized spacial score (nSPS) is 13.7. The smallest absolute Gasteiger partial charge is 0.466 e. The average Bonchev–Trinajstić information content (AvgIpc) is 2.55. The molecule has 0 radical (unpaired) electrons. The zero-order valence-corrected chi connectivity index (χ0v) is 17.4. The van der Waals surface area contributed by atoms with Crippen LogP contribution in [0.25, 0.3) is 0 Å². The van der Waals surface area contributed by atoms with Gasteiger partial charge in [-0.2, -0.15) is 0 Å². The van der Waals surface area contributed by atoms with Gasteiger partial charge in [-0.15, -0.1) is 0 Å². The van der Waals surface area contributed by atoms with Crippen LogP contribution in [-0.2, 0) is 23.7 Å². The van der Waals surface area contributed by atoms with Crippen molar-refractivity contribution < 1.29 is 33.3 Å². The highest BCUT2D eigenvalue weighted by molar-refractivity contribution is 5.80. The molecule has 8 heteroatoms. The SMILES string of the molecule is COC(=O)C(OC(=O)OC(C)(C)C)[C@H](NC(=O)OC(C)(C)C)c1ccccc1. The Hall–Kier alpha value is -2.77. The van der Waals surface area contributed by atoms with E-state index >= 15 is 0 Å². The highest BCUT2D eigenvalue weighted by atomic mass is 16.7. The highest BCUT2D eigenvalue weighted by Gasteiger charge is 2.37. The Kier molecular flexibility index (Phi) is 7.84. The van der Waals surface area contributed by atoms with Gasteiger partial charge in [-0.3, -0.25) is 0 Å². The topological polar surface area (TPSA) is 100 Å². The third-order valence-electron chi connectivity index (χ3n) is 3.18. The maximum absolute atomic E-state index is 12.3. The lowest BCUT2D eigenvalue weighted by molar-refractivity contribution is -0.155. The van der Waals surface area contributed by atoms with Gasteiger partial charge in [-0.1, -0.05) is 30.3 Å². The van der Waals surface area contributed by atoms with Crippen LogP contribution in [0.4, 0.5) is 9.59 Å². The highest BCUT2D eigenvalue weighted by Crippen LogP contribution is 2.23. The van der Waals surface area contributed by atoms with Crippen molar-refractivity contribution in [3.8, 4) is 0 Å². The molecule has 1 aromatic rings. The molecule has 156 valence electrons. The lowest BCUT2D eigenvalue weighted by atomic mass is 10.0. The molecule has 28 heavy (non-hydrogen) atoms. The van der Waals surface area contributed by atoms with E-state index in [9.17, 15) is 14.4 Å². The number of nitrogens with one attached hydrogen (secondary N) is 1. The minimum absolute atomic E-state index is 0.521. The van der Waals surface area contributed by atoms with Gasteiger partial charge in [-0.25, -0.2) is 14.4 Å². The number of hydrogen-bond acceptors (Lipinski definition) is 7. The number of carbonyl (C=O) groups excluding carboxylic acids is 3. The molecular weight excluding hydrogens is 366 g/mol. The van der Waals surface area contributed by atoms with Gasteiger partial charge in [0.25, 0.3) is 0 Å². The van der Waals surface area contributed by atoms with E-state index in [1.807, 2.05) is 0 Å². The zero-order valence-electron chi connectivity index (χ0n) is 17.4. The number of methoxy groups -OCH3 is 1. The Morgan fingerprint density at radius 1 is 0.893 bits per heavy atom. The lowest BCUT2D eigenvalue weighted by Gasteiger charge is -2.29. The third-order valence-corrected chi connectivity index (χ3v) is 3.18. The summed E-state index contributed by atoms with van der Waals surface area (Å²) in [7, 11) is 1.16. The number of rotatable bonds is 5. The molecule has 0 aliphatic heterocycles. The lowest BCUT2D eigenvalue weighted by Crippen LogP contribution is -2.45. The van der Waals surface area contributed by atoms with Gasteiger partial charge in [0.1, 0.15) is 17.2 Å². The number of amides is 1. The summed E-state index contributed by atoms with van der Waals surface area (Å²) in [5.41, 5.74) is -1.05. The molecular formula is C20H29NO7. The van der Waals surface area contributed by atoms with Crippen LogP contribution >= 0.6 is 0 Å². The molecule has 1 unspecified atom stereocenters. The Labute approximate surface area is 165 Å². The zero-order chi connectivity index (χ0) is 21.5. The number of benzene rings is 1. The first kappa shape index (κ1) is 23.3. The van der Waals surface area contributed by atoms with Crippen molar-refractivity contribution in [2.45, 2.75) is 64.9 Å². The molecule has 0 aliphatic rings. The van der Waals surface area contributed by atoms with E-state index in [-0.39, 0.29) is 0 Å². The molecule has 8 nitrogen and oxygen atoms in total.